The number of rotatable bonds is 0. The van der Waals surface area contributed by atoms with E-state index in [1.807, 2.05) is 0 Å². The van der Waals surface area contributed by atoms with Gasteiger partial charge in [-0.2, -0.15) is 0 Å². The first-order valence-corrected chi connectivity index (χ1v) is 2.92. The third kappa shape index (κ3) is 0.653. The molecule has 1 nitrogen and oxygen atoms in total. The molecule has 0 aromatic heterocycles. The van der Waals surface area contributed by atoms with Crippen LogP contribution in [0.25, 0.3) is 0 Å². The molecular formula is C6H13N. The Morgan fingerprint density at radius 1 is 1.71 bits per heavy atom. The fourth-order valence-electron chi connectivity index (χ4n) is 0.888. The summed E-state index contributed by atoms with van der Waals surface area (Å²) >= 11 is 0. The van der Waals surface area contributed by atoms with Gasteiger partial charge in [0.05, 0.1) is 0 Å². The van der Waals surface area contributed by atoms with Crippen molar-refractivity contribution in [3.8, 4) is 0 Å². The van der Waals surface area contributed by atoms with E-state index in [0.717, 1.165) is 5.92 Å². The van der Waals surface area contributed by atoms with Crippen molar-refractivity contribution in [2.75, 3.05) is 0 Å². The van der Waals surface area contributed by atoms with Gasteiger partial charge in [-0.3, -0.25) is 0 Å². The zero-order chi connectivity index (χ0) is 5.49. The Kier molecular flexibility index (Phi) is 0.890. The van der Waals surface area contributed by atoms with Crippen LogP contribution in [0.1, 0.15) is 26.7 Å². The maximum atomic E-state index is 5.77. The average molecular weight is 99.2 g/mol. The Hall–Kier alpha value is -0.0400. The van der Waals surface area contributed by atoms with Crippen LogP contribution in [0.15, 0.2) is 0 Å². The highest BCUT2D eigenvalue weighted by molar-refractivity contribution is 4.93. The predicted octanol–water partition coefficient (Wildman–Crippen LogP) is 1.13. The van der Waals surface area contributed by atoms with Crippen LogP contribution < -0.4 is 5.73 Å². The van der Waals surface area contributed by atoms with Crippen molar-refractivity contribution in [3.05, 3.63) is 0 Å². The summed E-state index contributed by atoms with van der Waals surface area (Å²) in [6.45, 7) is 4.34. The van der Waals surface area contributed by atoms with E-state index in [1.165, 1.54) is 12.8 Å². The van der Waals surface area contributed by atoms with Crippen molar-refractivity contribution < 1.29 is 0 Å². The second kappa shape index (κ2) is 1.22. The molecule has 0 spiro atoms. The van der Waals surface area contributed by atoms with Crippen LogP contribution >= 0.6 is 0 Å². The topological polar surface area (TPSA) is 26.0 Å². The lowest BCUT2D eigenvalue weighted by Gasteiger charge is -2.41. The summed E-state index contributed by atoms with van der Waals surface area (Å²) < 4.78 is 0. The number of hydrogen-bond acceptors (Lipinski definition) is 1. The van der Waals surface area contributed by atoms with Gasteiger partial charge < -0.3 is 5.73 Å². The monoisotopic (exact) mass is 99.1 g/mol. The molecule has 1 saturated carbocycles. The van der Waals surface area contributed by atoms with Crippen molar-refractivity contribution in [2.24, 2.45) is 11.7 Å². The maximum Gasteiger partial charge on any atom is 0.0151 e. The van der Waals surface area contributed by atoms with Crippen molar-refractivity contribution in [1.29, 1.82) is 0 Å². The molecular weight excluding hydrogens is 86.1 g/mol. The molecule has 2 unspecified atom stereocenters. The highest BCUT2D eigenvalue weighted by atomic mass is 14.8. The van der Waals surface area contributed by atoms with Gasteiger partial charge in [0.15, 0.2) is 0 Å². The molecule has 0 amide bonds. The van der Waals surface area contributed by atoms with Crippen LogP contribution in [0.5, 0.6) is 0 Å². The van der Waals surface area contributed by atoms with Crippen LogP contribution in [0.3, 0.4) is 0 Å². The van der Waals surface area contributed by atoms with E-state index >= 15 is 0 Å². The Morgan fingerprint density at radius 2 is 2.14 bits per heavy atom. The lowest BCUT2D eigenvalue weighted by atomic mass is 9.70. The molecule has 0 radical (unpaired) electrons. The summed E-state index contributed by atoms with van der Waals surface area (Å²) in [5.74, 6) is 0.757. The normalized spacial score (nSPS) is 51.0. The van der Waals surface area contributed by atoms with E-state index < -0.39 is 0 Å². The smallest absolute Gasteiger partial charge is 0.0151 e. The molecule has 1 fully saturated rings. The summed E-state index contributed by atoms with van der Waals surface area (Å²) in [5.41, 5.74) is 5.95. The molecule has 1 aliphatic carbocycles. The molecule has 2 N–H and O–H groups in total. The highest BCUT2D eigenvalue weighted by Crippen LogP contribution is 2.34. The summed E-state index contributed by atoms with van der Waals surface area (Å²) in [4.78, 5) is 0. The molecule has 1 heteroatoms. The largest absolute Gasteiger partial charge is 0.325 e. The zero-order valence-corrected chi connectivity index (χ0v) is 5.07. The van der Waals surface area contributed by atoms with Gasteiger partial charge in [0.1, 0.15) is 0 Å². The molecule has 2 atom stereocenters. The number of hydrogen-bond donors (Lipinski definition) is 1. The van der Waals surface area contributed by atoms with Gasteiger partial charge in [-0.15, -0.1) is 0 Å². The fourth-order valence-corrected chi connectivity index (χ4v) is 0.888. The molecule has 0 saturated heterocycles. The number of nitrogens with two attached hydrogens (primary N) is 1. The molecule has 0 aromatic carbocycles. The van der Waals surface area contributed by atoms with E-state index in [2.05, 4.69) is 13.8 Å². The first kappa shape index (κ1) is 5.10. The van der Waals surface area contributed by atoms with E-state index in [-0.39, 0.29) is 5.54 Å². The van der Waals surface area contributed by atoms with Crippen molar-refractivity contribution in [2.45, 2.75) is 32.2 Å². The lowest BCUT2D eigenvalue weighted by Crippen LogP contribution is -2.50. The Bertz CT molecular complexity index is 76.2. The molecule has 1 rings (SSSR count). The molecule has 0 heterocycles. The Labute approximate surface area is 44.9 Å². The SMILES string of the molecule is CC1CCC1(C)N. The van der Waals surface area contributed by atoms with Crippen LogP contribution in [0.4, 0.5) is 0 Å². The summed E-state index contributed by atoms with van der Waals surface area (Å²) in [5, 5.41) is 0. The minimum absolute atomic E-state index is 0.181. The van der Waals surface area contributed by atoms with E-state index in [1.54, 1.807) is 0 Å². The average Bonchev–Trinajstić information content (AvgIpc) is 1.63. The minimum Gasteiger partial charge on any atom is -0.325 e. The second-order valence-electron chi connectivity index (χ2n) is 2.95. The quantitative estimate of drug-likeness (QED) is 0.484. The van der Waals surface area contributed by atoms with E-state index in [9.17, 15) is 0 Å². The third-order valence-electron chi connectivity index (χ3n) is 2.24. The first-order chi connectivity index (χ1) is 3.13. The van der Waals surface area contributed by atoms with Gasteiger partial charge in [0.25, 0.3) is 0 Å². The summed E-state index contributed by atoms with van der Waals surface area (Å²) in [6, 6.07) is 0. The minimum atomic E-state index is 0.181. The fraction of sp³-hybridized carbons (Fsp3) is 1.00. The van der Waals surface area contributed by atoms with Gasteiger partial charge in [-0.25, -0.2) is 0 Å². The van der Waals surface area contributed by atoms with Crippen molar-refractivity contribution in [1.82, 2.24) is 0 Å². The predicted molar refractivity (Wildman–Crippen MR) is 31.0 cm³/mol. The molecule has 0 bridgehead atoms. The van der Waals surface area contributed by atoms with Crippen molar-refractivity contribution in [3.63, 3.8) is 0 Å². The summed E-state index contributed by atoms with van der Waals surface area (Å²) in [7, 11) is 0. The zero-order valence-electron chi connectivity index (χ0n) is 5.07. The van der Waals surface area contributed by atoms with E-state index in [4.69, 9.17) is 5.73 Å². The third-order valence-corrected chi connectivity index (χ3v) is 2.24. The standard InChI is InChI=1S/C6H13N/c1-5-3-4-6(5,2)7/h5H,3-4,7H2,1-2H3. The van der Waals surface area contributed by atoms with E-state index in [0.29, 0.717) is 0 Å². The lowest BCUT2D eigenvalue weighted by molar-refractivity contribution is 0.167. The summed E-state index contributed by atoms with van der Waals surface area (Å²) in [6.07, 6.45) is 2.54. The highest BCUT2D eigenvalue weighted by Gasteiger charge is 2.34. The van der Waals surface area contributed by atoms with Crippen LogP contribution in [0, 0.1) is 5.92 Å². The molecule has 42 valence electrons. The van der Waals surface area contributed by atoms with Crippen molar-refractivity contribution >= 4 is 0 Å². The first-order valence-electron chi connectivity index (χ1n) is 2.92. The van der Waals surface area contributed by atoms with Gasteiger partial charge >= 0.3 is 0 Å². The van der Waals surface area contributed by atoms with Gasteiger partial charge in [0, 0.05) is 5.54 Å². The van der Waals surface area contributed by atoms with Gasteiger partial charge in [0.2, 0.25) is 0 Å². The molecule has 0 aromatic rings. The molecule has 1 aliphatic rings. The van der Waals surface area contributed by atoms with Gasteiger partial charge in [-0.05, 0) is 25.7 Å². The van der Waals surface area contributed by atoms with Crippen LogP contribution in [-0.2, 0) is 0 Å². The van der Waals surface area contributed by atoms with Gasteiger partial charge in [-0.1, -0.05) is 6.92 Å². The Balaban J connectivity index is 2.43. The van der Waals surface area contributed by atoms with Crippen LogP contribution in [0.2, 0.25) is 0 Å². The molecule has 0 aliphatic heterocycles. The maximum absolute atomic E-state index is 5.77. The molecule has 7 heavy (non-hydrogen) atoms. The van der Waals surface area contributed by atoms with Crippen LogP contribution in [-0.4, -0.2) is 5.54 Å². The second-order valence-corrected chi connectivity index (χ2v) is 2.95. The Morgan fingerprint density at radius 3 is 2.14 bits per heavy atom.